The average Bonchev–Trinajstić information content (AvgIpc) is 2.37. The van der Waals surface area contributed by atoms with Crippen LogP contribution in [0, 0.1) is 0 Å². The highest BCUT2D eigenvalue weighted by Crippen LogP contribution is 2.19. The topological polar surface area (TPSA) is 44.4 Å². The van der Waals surface area contributed by atoms with Crippen molar-refractivity contribution in [2.45, 2.75) is 58.5 Å². The fourth-order valence-corrected chi connectivity index (χ4v) is 2.74. The number of piperidine rings is 1. The monoisotopic (exact) mass is 255 g/mol. The van der Waals surface area contributed by atoms with Crippen molar-refractivity contribution in [1.29, 1.82) is 0 Å². The average molecular weight is 255 g/mol. The molecule has 1 fully saturated rings. The van der Waals surface area contributed by atoms with Crippen molar-refractivity contribution in [3.05, 3.63) is 0 Å². The molecule has 0 aliphatic carbocycles. The predicted molar refractivity (Wildman–Crippen MR) is 75.7 cm³/mol. The molecular formula is C14H29N3O. The Morgan fingerprint density at radius 3 is 2.83 bits per heavy atom. The Morgan fingerprint density at radius 1 is 1.39 bits per heavy atom. The van der Waals surface area contributed by atoms with Gasteiger partial charge in [0.15, 0.2) is 0 Å². The van der Waals surface area contributed by atoms with Gasteiger partial charge in [-0.3, -0.25) is 9.69 Å². The van der Waals surface area contributed by atoms with Crippen molar-refractivity contribution in [2.75, 3.05) is 26.2 Å². The summed E-state index contributed by atoms with van der Waals surface area (Å²) >= 11 is 0. The lowest BCUT2D eigenvalue weighted by Gasteiger charge is -2.39. The zero-order valence-electron chi connectivity index (χ0n) is 12.2. The molecule has 2 N–H and O–H groups in total. The van der Waals surface area contributed by atoms with Crippen LogP contribution in [0.2, 0.25) is 0 Å². The van der Waals surface area contributed by atoms with Crippen molar-refractivity contribution in [1.82, 2.24) is 15.5 Å². The van der Waals surface area contributed by atoms with Gasteiger partial charge in [0.1, 0.15) is 0 Å². The Morgan fingerprint density at radius 2 is 2.17 bits per heavy atom. The molecule has 4 nitrogen and oxygen atoms in total. The van der Waals surface area contributed by atoms with E-state index in [2.05, 4.69) is 36.3 Å². The minimum absolute atomic E-state index is 0.174. The molecule has 4 heteroatoms. The number of nitrogens with zero attached hydrogens (tertiary/aromatic N) is 1. The lowest BCUT2D eigenvalue weighted by Crippen LogP contribution is -2.53. The summed E-state index contributed by atoms with van der Waals surface area (Å²) in [6.45, 7) is 9.85. The largest absolute Gasteiger partial charge is 0.355 e. The molecule has 1 aliphatic rings. The zero-order valence-corrected chi connectivity index (χ0v) is 12.2. The minimum atomic E-state index is 0.174. The molecule has 2 atom stereocenters. The quantitative estimate of drug-likeness (QED) is 0.722. The molecule has 1 rings (SSSR count). The molecule has 106 valence electrons. The highest BCUT2D eigenvalue weighted by atomic mass is 16.2. The van der Waals surface area contributed by atoms with Crippen molar-refractivity contribution in [3.63, 3.8) is 0 Å². The molecule has 1 aliphatic heterocycles. The molecule has 1 heterocycles. The van der Waals surface area contributed by atoms with Gasteiger partial charge in [-0.1, -0.05) is 20.3 Å². The van der Waals surface area contributed by atoms with E-state index in [1.54, 1.807) is 0 Å². The Balaban J connectivity index is 2.46. The summed E-state index contributed by atoms with van der Waals surface area (Å²) in [5.41, 5.74) is 0. The maximum Gasteiger partial charge on any atom is 0.234 e. The lowest BCUT2D eigenvalue weighted by molar-refractivity contribution is -0.123. The van der Waals surface area contributed by atoms with E-state index in [4.69, 9.17) is 0 Å². The molecular weight excluding hydrogens is 226 g/mol. The Hall–Kier alpha value is -0.610. The van der Waals surface area contributed by atoms with Gasteiger partial charge in [0.25, 0.3) is 0 Å². The number of likely N-dealkylation sites (N-methyl/N-ethyl adjacent to an activating group) is 1. The van der Waals surface area contributed by atoms with E-state index >= 15 is 0 Å². The maximum absolute atomic E-state index is 11.8. The lowest BCUT2D eigenvalue weighted by atomic mass is 9.96. The predicted octanol–water partition coefficient (Wildman–Crippen LogP) is 1.37. The van der Waals surface area contributed by atoms with Gasteiger partial charge in [-0.15, -0.1) is 0 Å². The number of nitrogens with one attached hydrogen (secondary N) is 2. The van der Waals surface area contributed by atoms with Crippen molar-refractivity contribution in [3.8, 4) is 0 Å². The molecule has 2 unspecified atom stereocenters. The van der Waals surface area contributed by atoms with Crippen LogP contribution in [0.5, 0.6) is 0 Å². The van der Waals surface area contributed by atoms with Gasteiger partial charge in [-0.05, 0) is 39.3 Å². The van der Waals surface area contributed by atoms with Crippen molar-refractivity contribution >= 4 is 5.91 Å². The Labute approximate surface area is 111 Å². The van der Waals surface area contributed by atoms with Gasteiger partial charge >= 0.3 is 0 Å². The summed E-state index contributed by atoms with van der Waals surface area (Å²) in [7, 11) is 0. The van der Waals surface area contributed by atoms with Crippen LogP contribution < -0.4 is 10.6 Å². The molecule has 0 bridgehead atoms. The van der Waals surface area contributed by atoms with E-state index in [-0.39, 0.29) is 5.91 Å². The molecule has 0 radical (unpaired) electrons. The van der Waals surface area contributed by atoms with Crippen molar-refractivity contribution < 1.29 is 4.79 Å². The van der Waals surface area contributed by atoms with Gasteiger partial charge in [-0.25, -0.2) is 0 Å². The third-order valence-corrected chi connectivity index (χ3v) is 3.69. The third kappa shape index (κ3) is 4.94. The van der Waals surface area contributed by atoms with E-state index in [1.807, 2.05) is 0 Å². The number of carbonyl (C=O) groups excluding carboxylic acids is 1. The van der Waals surface area contributed by atoms with Crippen LogP contribution in [0.15, 0.2) is 0 Å². The highest BCUT2D eigenvalue weighted by Gasteiger charge is 2.27. The number of rotatable bonds is 7. The van der Waals surface area contributed by atoms with E-state index in [9.17, 15) is 4.79 Å². The van der Waals surface area contributed by atoms with Gasteiger partial charge in [0, 0.05) is 18.6 Å². The molecule has 1 amide bonds. The minimum Gasteiger partial charge on any atom is -0.355 e. The summed E-state index contributed by atoms with van der Waals surface area (Å²) in [5.74, 6) is 0.174. The molecule has 18 heavy (non-hydrogen) atoms. The molecule has 0 aromatic heterocycles. The van der Waals surface area contributed by atoms with Crippen LogP contribution in [0.1, 0.15) is 46.5 Å². The van der Waals surface area contributed by atoms with Crippen LogP contribution in [0.25, 0.3) is 0 Å². The van der Waals surface area contributed by atoms with E-state index in [0.29, 0.717) is 18.6 Å². The van der Waals surface area contributed by atoms with Crippen LogP contribution in [-0.2, 0) is 4.79 Å². The Bertz CT molecular complexity index is 245. The Kier molecular flexibility index (Phi) is 7.28. The van der Waals surface area contributed by atoms with Crippen LogP contribution >= 0.6 is 0 Å². The maximum atomic E-state index is 11.8. The van der Waals surface area contributed by atoms with Crippen LogP contribution in [0.4, 0.5) is 0 Å². The summed E-state index contributed by atoms with van der Waals surface area (Å²) in [4.78, 5) is 14.2. The second-order valence-electron chi connectivity index (χ2n) is 5.23. The summed E-state index contributed by atoms with van der Waals surface area (Å²) < 4.78 is 0. The number of hydrogen-bond acceptors (Lipinski definition) is 3. The van der Waals surface area contributed by atoms with E-state index < -0.39 is 0 Å². The number of carbonyl (C=O) groups is 1. The summed E-state index contributed by atoms with van der Waals surface area (Å²) in [6, 6.07) is 0.973. The fraction of sp³-hybridized carbons (Fsp3) is 0.929. The summed E-state index contributed by atoms with van der Waals surface area (Å²) in [6.07, 6.45) is 4.71. The van der Waals surface area contributed by atoms with Crippen LogP contribution in [-0.4, -0.2) is 49.1 Å². The van der Waals surface area contributed by atoms with Gasteiger partial charge in [0.05, 0.1) is 6.54 Å². The van der Waals surface area contributed by atoms with Gasteiger partial charge in [0.2, 0.25) is 5.91 Å². The number of amides is 1. The second-order valence-corrected chi connectivity index (χ2v) is 5.23. The first-order chi connectivity index (χ1) is 8.69. The first kappa shape index (κ1) is 15.4. The highest BCUT2D eigenvalue weighted by molar-refractivity contribution is 5.78. The standard InChI is InChI=1S/C14H29N3O/c1-4-9-16-14(18)11-17-10-7-6-8-13(17)12(3)15-5-2/h12-13,15H,4-11H2,1-3H3,(H,16,18). The number of hydrogen-bond donors (Lipinski definition) is 2. The van der Waals surface area contributed by atoms with Gasteiger partial charge < -0.3 is 10.6 Å². The molecule has 0 saturated carbocycles. The SMILES string of the molecule is CCCNC(=O)CN1CCCCC1C(C)NCC. The zero-order chi connectivity index (χ0) is 13.4. The molecule has 1 saturated heterocycles. The normalized spacial score (nSPS) is 22.7. The molecule has 0 aromatic rings. The number of likely N-dealkylation sites (tertiary alicyclic amines) is 1. The third-order valence-electron chi connectivity index (χ3n) is 3.69. The fourth-order valence-electron chi connectivity index (χ4n) is 2.74. The van der Waals surface area contributed by atoms with E-state index in [1.165, 1.54) is 19.3 Å². The first-order valence-electron chi connectivity index (χ1n) is 7.43. The smallest absolute Gasteiger partial charge is 0.234 e. The molecule has 0 aromatic carbocycles. The van der Waals surface area contributed by atoms with Crippen LogP contribution in [0.3, 0.4) is 0 Å². The molecule has 0 spiro atoms. The second kappa shape index (κ2) is 8.48. The first-order valence-corrected chi connectivity index (χ1v) is 7.43. The van der Waals surface area contributed by atoms with E-state index in [0.717, 1.165) is 26.1 Å². The van der Waals surface area contributed by atoms with Crippen molar-refractivity contribution in [2.24, 2.45) is 0 Å². The summed E-state index contributed by atoms with van der Waals surface area (Å²) in [5, 5.41) is 6.46. The van der Waals surface area contributed by atoms with Gasteiger partial charge in [-0.2, -0.15) is 0 Å².